The molecule has 6 atom stereocenters. The SMILES string of the molecule is CC1(C)C[C@H]2[C@H]3O[C@@]3(CO)[C@]3(CO)C[C@]3(C)[C@H]2C1. The van der Waals surface area contributed by atoms with Crippen molar-refractivity contribution in [3.05, 3.63) is 0 Å². The molecule has 4 aliphatic rings. The zero-order chi connectivity index (χ0) is 13.0. The summed E-state index contributed by atoms with van der Waals surface area (Å²) in [6.07, 6.45) is 3.69. The van der Waals surface area contributed by atoms with Gasteiger partial charge in [-0.25, -0.2) is 0 Å². The average Bonchev–Trinajstić information content (AvgIpc) is 3.15. The zero-order valence-electron chi connectivity index (χ0n) is 11.6. The highest BCUT2D eigenvalue weighted by Crippen LogP contribution is 2.85. The predicted molar refractivity (Wildman–Crippen MR) is 66.9 cm³/mol. The Hall–Kier alpha value is -0.120. The molecule has 3 nitrogen and oxygen atoms in total. The predicted octanol–water partition coefficient (Wildman–Crippen LogP) is 1.57. The third-order valence-corrected chi connectivity index (χ3v) is 6.98. The minimum Gasteiger partial charge on any atom is -0.396 e. The number of ether oxygens (including phenoxy) is 1. The molecule has 2 N–H and O–H groups in total. The van der Waals surface area contributed by atoms with Crippen molar-refractivity contribution in [1.29, 1.82) is 0 Å². The smallest absolute Gasteiger partial charge is 0.126 e. The van der Waals surface area contributed by atoms with Crippen LogP contribution in [0.1, 0.15) is 40.0 Å². The fraction of sp³-hybridized carbons (Fsp3) is 1.00. The van der Waals surface area contributed by atoms with Crippen LogP contribution < -0.4 is 0 Å². The second-order valence-corrected chi connectivity index (χ2v) is 8.26. The van der Waals surface area contributed by atoms with Crippen LogP contribution in [0, 0.1) is 28.1 Å². The summed E-state index contributed by atoms with van der Waals surface area (Å²) in [4.78, 5) is 0. The average molecular weight is 252 g/mol. The van der Waals surface area contributed by atoms with Crippen LogP contribution in [0.15, 0.2) is 0 Å². The van der Waals surface area contributed by atoms with Gasteiger partial charge in [-0.3, -0.25) is 0 Å². The van der Waals surface area contributed by atoms with Gasteiger partial charge in [0.2, 0.25) is 0 Å². The van der Waals surface area contributed by atoms with E-state index < -0.39 is 5.60 Å². The van der Waals surface area contributed by atoms with Gasteiger partial charge in [0, 0.05) is 5.41 Å². The maximum absolute atomic E-state index is 9.91. The molecular formula is C15H24O3. The van der Waals surface area contributed by atoms with Crippen LogP contribution in [0.25, 0.3) is 0 Å². The fourth-order valence-corrected chi connectivity index (χ4v) is 5.99. The largest absolute Gasteiger partial charge is 0.396 e. The number of fused-ring (bicyclic) bond motifs is 6. The molecule has 0 aromatic rings. The van der Waals surface area contributed by atoms with E-state index in [9.17, 15) is 10.2 Å². The van der Waals surface area contributed by atoms with Crippen molar-refractivity contribution < 1.29 is 14.9 Å². The lowest BCUT2D eigenvalue weighted by Gasteiger charge is -2.38. The van der Waals surface area contributed by atoms with Crippen molar-refractivity contribution in [3.8, 4) is 0 Å². The molecule has 4 rings (SSSR count). The van der Waals surface area contributed by atoms with E-state index in [0.717, 1.165) is 6.42 Å². The second-order valence-electron chi connectivity index (χ2n) is 8.26. The molecule has 0 bridgehead atoms. The monoisotopic (exact) mass is 252 g/mol. The van der Waals surface area contributed by atoms with Gasteiger partial charge in [-0.15, -0.1) is 0 Å². The first-order chi connectivity index (χ1) is 8.36. The van der Waals surface area contributed by atoms with Gasteiger partial charge in [-0.2, -0.15) is 0 Å². The summed E-state index contributed by atoms with van der Waals surface area (Å²) < 4.78 is 6.03. The molecule has 0 aromatic heterocycles. The van der Waals surface area contributed by atoms with Crippen molar-refractivity contribution in [2.45, 2.75) is 51.7 Å². The highest BCUT2D eigenvalue weighted by molar-refractivity contribution is 5.36. The van der Waals surface area contributed by atoms with Gasteiger partial charge in [-0.05, 0) is 41.9 Å². The van der Waals surface area contributed by atoms with Gasteiger partial charge in [0.15, 0.2) is 0 Å². The fourth-order valence-electron chi connectivity index (χ4n) is 5.99. The molecule has 0 radical (unpaired) electrons. The molecule has 1 aliphatic heterocycles. The van der Waals surface area contributed by atoms with Gasteiger partial charge in [0.25, 0.3) is 0 Å². The Balaban J connectivity index is 1.78. The van der Waals surface area contributed by atoms with Crippen molar-refractivity contribution >= 4 is 0 Å². The summed E-state index contributed by atoms with van der Waals surface area (Å²) in [5.41, 5.74) is 0.0224. The number of rotatable bonds is 2. The molecule has 0 amide bonds. The molecule has 102 valence electrons. The minimum absolute atomic E-state index is 0.0808. The van der Waals surface area contributed by atoms with Crippen LogP contribution in [0.3, 0.4) is 0 Å². The Morgan fingerprint density at radius 1 is 1.11 bits per heavy atom. The maximum atomic E-state index is 9.91. The van der Waals surface area contributed by atoms with E-state index >= 15 is 0 Å². The molecular weight excluding hydrogens is 228 g/mol. The van der Waals surface area contributed by atoms with Crippen LogP contribution in [0.5, 0.6) is 0 Å². The molecule has 1 saturated heterocycles. The van der Waals surface area contributed by atoms with E-state index in [0.29, 0.717) is 17.3 Å². The van der Waals surface area contributed by atoms with Gasteiger partial charge in [0.05, 0.1) is 19.3 Å². The molecule has 1 heterocycles. The molecule has 0 spiro atoms. The molecule has 3 aliphatic carbocycles. The van der Waals surface area contributed by atoms with E-state index in [1.807, 2.05) is 0 Å². The summed E-state index contributed by atoms with van der Waals surface area (Å²) in [7, 11) is 0. The lowest BCUT2D eigenvalue weighted by molar-refractivity contribution is 0.0171. The molecule has 18 heavy (non-hydrogen) atoms. The Kier molecular flexibility index (Phi) is 1.83. The van der Waals surface area contributed by atoms with Crippen LogP contribution >= 0.6 is 0 Å². The van der Waals surface area contributed by atoms with Crippen molar-refractivity contribution in [2.75, 3.05) is 13.2 Å². The molecule has 0 aromatic carbocycles. The first-order valence-corrected chi connectivity index (χ1v) is 7.25. The van der Waals surface area contributed by atoms with E-state index in [-0.39, 0.29) is 30.1 Å². The third-order valence-electron chi connectivity index (χ3n) is 6.98. The van der Waals surface area contributed by atoms with Gasteiger partial charge in [0.1, 0.15) is 5.60 Å². The molecule has 3 saturated carbocycles. The highest BCUT2D eigenvalue weighted by Gasteiger charge is 2.89. The minimum atomic E-state index is -0.405. The lowest BCUT2D eigenvalue weighted by atomic mass is 9.64. The van der Waals surface area contributed by atoms with E-state index in [4.69, 9.17) is 4.74 Å². The van der Waals surface area contributed by atoms with Gasteiger partial charge < -0.3 is 14.9 Å². The van der Waals surface area contributed by atoms with Crippen LogP contribution in [-0.2, 0) is 4.74 Å². The Morgan fingerprint density at radius 3 is 2.44 bits per heavy atom. The van der Waals surface area contributed by atoms with Crippen LogP contribution in [0.4, 0.5) is 0 Å². The van der Waals surface area contributed by atoms with Gasteiger partial charge in [-0.1, -0.05) is 20.8 Å². The quantitative estimate of drug-likeness (QED) is 0.734. The number of aliphatic hydroxyl groups excluding tert-OH is 2. The standard InChI is InChI=1S/C15H24O3/c1-12(2)4-9-10(5-12)13(3)6-14(13,7-16)15(8-17)11(9)18-15/h9-11,16-17H,4-8H2,1-3H3/t9-,10+,11-,13-,14+,15-/m1/s1. The van der Waals surface area contributed by atoms with E-state index in [2.05, 4.69) is 20.8 Å². The molecule has 0 unspecified atom stereocenters. The number of epoxide rings is 1. The summed E-state index contributed by atoms with van der Waals surface area (Å²) in [6, 6.07) is 0. The van der Waals surface area contributed by atoms with E-state index in [1.54, 1.807) is 0 Å². The molecule has 4 fully saturated rings. The van der Waals surface area contributed by atoms with Crippen molar-refractivity contribution in [2.24, 2.45) is 28.1 Å². The number of hydrogen-bond donors (Lipinski definition) is 2. The summed E-state index contributed by atoms with van der Waals surface area (Å²) in [5, 5.41) is 19.7. The van der Waals surface area contributed by atoms with Crippen LogP contribution in [-0.4, -0.2) is 35.1 Å². The molecule has 3 heteroatoms. The topological polar surface area (TPSA) is 53.0 Å². The van der Waals surface area contributed by atoms with Crippen molar-refractivity contribution in [3.63, 3.8) is 0 Å². The summed E-state index contributed by atoms with van der Waals surface area (Å²) in [5.74, 6) is 1.27. The summed E-state index contributed by atoms with van der Waals surface area (Å²) in [6.45, 7) is 7.26. The number of hydrogen-bond acceptors (Lipinski definition) is 3. The first-order valence-electron chi connectivity index (χ1n) is 7.25. The Morgan fingerprint density at radius 2 is 1.83 bits per heavy atom. The van der Waals surface area contributed by atoms with Crippen molar-refractivity contribution in [1.82, 2.24) is 0 Å². The number of aliphatic hydroxyl groups is 2. The normalized spacial score (nSPS) is 62.8. The first kappa shape index (κ1) is 11.7. The Labute approximate surface area is 109 Å². The van der Waals surface area contributed by atoms with Gasteiger partial charge >= 0.3 is 0 Å². The van der Waals surface area contributed by atoms with E-state index in [1.165, 1.54) is 12.8 Å². The lowest BCUT2D eigenvalue weighted by Crippen LogP contribution is -2.47. The van der Waals surface area contributed by atoms with Crippen LogP contribution in [0.2, 0.25) is 0 Å². The zero-order valence-corrected chi connectivity index (χ0v) is 11.6. The summed E-state index contributed by atoms with van der Waals surface area (Å²) >= 11 is 0. The highest BCUT2D eigenvalue weighted by atomic mass is 16.6. The Bertz CT molecular complexity index is 420. The third kappa shape index (κ3) is 0.949. The second kappa shape index (κ2) is 2.82. The maximum Gasteiger partial charge on any atom is 0.126 e.